The van der Waals surface area contributed by atoms with Crippen molar-refractivity contribution in [2.45, 2.75) is 58.3 Å². The van der Waals surface area contributed by atoms with Gasteiger partial charge in [-0.15, -0.1) is 0 Å². The third-order valence-electron chi connectivity index (χ3n) is 3.63. The molecule has 0 aliphatic heterocycles. The minimum Gasteiger partial charge on any atom is -0.339 e. The molecular formula is C13H20N2O2. The van der Waals surface area contributed by atoms with E-state index in [0.29, 0.717) is 17.6 Å². The van der Waals surface area contributed by atoms with E-state index in [9.17, 15) is 4.79 Å². The normalized spacial score (nSPS) is 25.2. The van der Waals surface area contributed by atoms with Gasteiger partial charge < -0.3 is 4.52 Å². The molecule has 1 heterocycles. The van der Waals surface area contributed by atoms with E-state index >= 15 is 0 Å². The maximum Gasteiger partial charge on any atom is 0.229 e. The van der Waals surface area contributed by atoms with Crippen LogP contribution in [0.1, 0.15) is 70.0 Å². The van der Waals surface area contributed by atoms with Gasteiger partial charge >= 0.3 is 0 Å². The SMILES string of the molecule is CC(=O)C1CCC(c2nc(C(C)C)no2)CC1. The summed E-state index contributed by atoms with van der Waals surface area (Å²) >= 11 is 0. The highest BCUT2D eigenvalue weighted by Gasteiger charge is 2.28. The van der Waals surface area contributed by atoms with E-state index < -0.39 is 0 Å². The minimum atomic E-state index is 0.249. The zero-order valence-corrected chi connectivity index (χ0v) is 10.8. The number of hydrogen-bond donors (Lipinski definition) is 0. The number of nitrogens with zero attached hydrogens (tertiary/aromatic N) is 2. The lowest BCUT2D eigenvalue weighted by Crippen LogP contribution is -2.19. The van der Waals surface area contributed by atoms with Crippen LogP contribution in [-0.4, -0.2) is 15.9 Å². The van der Waals surface area contributed by atoms with E-state index in [-0.39, 0.29) is 5.92 Å². The Balaban J connectivity index is 1.98. The summed E-state index contributed by atoms with van der Waals surface area (Å²) in [7, 11) is 0. The van der Waals surface area contributed by atoms with E-state index in [2.05, 4.69) is 24.0 Å². The molecular weight excluding hydrogens is 216 g/mol. The van der Waals surface area contributed by atoms with Crippen molar-refractivity contribution >= 4 is 5.78 Å². The van der Waals surface area contributed by atoms with E-state index in [1.54, 1.807) is 6.92 Å². The summed E-state index contributed by atoms with van der Waals surface area (Å²) in [4.78, 5) is 15.7. The Labute approximate surface area is 102 Å². The second-order valence-electron chi connectivity index (χ2n) is 5.30. The molecule has 17 heavy (non-hydrogen) atoms. The number of aromatic nitrogens is 2. The smallest absolute Gasteiger partial charge is 0.229 e. The van der Waals surface area contributed by atoms with Gasteiger partial charge in [0.05, 0.1) is 0 Å². The molecule has 0 N–H and O–H groups in total. The Morgan fingerprint density at radius 1 is 1.29 bits per heavy atom. The second kappa shape index (κ2) is 4.98. The van der Waals surface area contributed by atoms with Crippen molar-refractivity contribution in [1.82, 2.24) is 10.1 Å². The summed E-state index contributed by atoms with van der Waals surface area (Å²) < 4.78 is 5.32. The minimum absolute atomic E-state index is 0.249. The van der Waals surface area contributed by atoms with Gasteiger partial charge in [-0.2, -0.15) is 4.98 Å². The number of carbonyl (C=O) groups excluding carboxylic acids is 1. The van der Waals surface area contributed by atoms with Gasteiger partial charge in [0, 0.05) is 17.8 Å². The van der Waals surface area contributed by atoms with E-state index in [1.165, 1.54) is 0 Å². The monoisotopic (exact) mass is 236 g/mol. The summed E-state index contributed by atoms with van der Waals surface area (Å²) in [6, 6.07) is 0. The van der Waals surface area contributed by atoms with Crippen molar-refractivity contribution in [3.05, 3.63) is 11.7 Å². The molecule has 1 fully saturated rings. The molecule has 1 saturated carbocycles. The van der Waals surface area contributed by atoms with Crippen LogP contribution >= 0.6 is 0 Å². The quantitative estimate of drug-likeness (QED) is 0.809. The fourth-order valence-corrected chi connectivity index (χ4v) is 2.39. The lowest BCUT2D eigenvalue weighted by atomic mass is 9.80. The first-order chi connectivity index (χ1) is 8.08. The lowest BCUT2D eigenvalue weighted by molar-refractivity contribution is -0.121. The van der Waals surface area contributed by atoms with Crippen LogP contribution in [0.2, 0.25) is 0 Å². The maximum absolute atomic E-state index is 11.3. The van der Waals surface area contributed by atoms with Crippen LogP contribution < -0.4 is 0 Å². The largest absolute Gasteiger partial charge is 0.339 e. The molecule has 4 nitrogen and oxygen atoms in total. The molecule has 0 spiro atoms. The van der Waals surface area contributed by atoms with Crippen molar-refractivity contribution < 1.29 is 9.32 Å². The molecule has 0 amide bonds. The average Bonchev–Trinajstić information content (AvgIpc) is 2.78. The van der Waals surface area contributed by atoms with Gasteiger partial charge in [-0.05, 0) is 32.6 Å². The van der Waals surface area contributed by atoms with Crippen molar-refractivity contribution in [2.24, 2.45) is 5.92 Å². The Morgan fingerprint density at radius 3 is 2.41 bits per heavy atom. The van der Waals surface area contributed by atoms with Crippen molar-refractivity contribution in [1.29, 1.82) is 0 Å². The Hall–Kier alpha value is -1.19. The van der Waals surface area contributed by atoms with Crippen LogP contribution in [-0.2, 0) is 4.79 Å². The Bertz CT molecular complexity index is 390. The average molecular weight is 236 g/mol. The van der Waals surface area contributed by atoms with Gasteiger partial charge in [-0.25, -0.2) is 0 Å². The highest BCUT2D eigenvalue weighted by atomic mass is 16.5. The summed E-state index contributed by atoms with van der Waals surface area (Å²) in [5.74, 6) is 2.77. The standard InChI is InChI=1S/C13H20N2O2/c1-8(2)12-14-13(17-15-12)11-6-4-10(5-7-11)9(3)16/h8,10-11H,4-7H2,1-3H3. The number of Topliss-reactive ketones (excluding diaryl/α,β-unsaturated/α-hetero) is 1. The molecule has 4 heteroatoms. The highest BCUT2D eigenvalue weighted by Crippen LogP contribution is 2.35. The molecule has 0 saturated heterocycles. The lowest BCUT2D eigenvalue weighted by Gasteiger charge is -2.24. The maximum atomic E-state index is 11.3. The molecule has 0 unspecified atom stereocenters. The molecule has 1 aromatic heterocycles. The van der Waals surface area contributed by atoms with Gasteiger partial charge in [0.2, 0.25) is 5.89 Å². The number of ketones is 1. The summed E-state index contributed by atoms with van der Waals surface area (Å²) in [6.07, 6.45) is 3.90. The Morgan fingerprint density at radius 2 is 1.94 bits per heavy atom. The number of carbonyl (C=O) groups is 1. The summed E-state index contributed by atoms with van der Waals surface area (Å²) in [6.45, 7) is 5.80. The molecule has 1 aliphatic rings. The molecule has 1 aromatic rings. The Kier molecular flexibility index (Phi) is 3.60. The van der Waals surface area contributed by atoms with Crippen LogP contribution in [0.5, 0.6) is 0 Å². The van der Waals surface area contributed by atoms with Crippen molar-refractivity contribution in [3.8, 4) is 0 Å². The van der Waals surface area contributed by atoms with Crippen LogP contribution in [0.15, 0.2) is 4.52 Å². The first-order valence-electron chi connectivity index (χ1n) is 6.42. The summed E-state index contributed by atoms with van der Waals surface area (Å²) in [5.41, 5.74) is 0. The molecule has 0 aromatic carbocycles. The fourth-order valence-electron chi connectivity index (χ4n) is 2.39. The number of rotatable bonds is 3. The predicted molar refractivity (Wildman–Crippen MR) is 63.8 cm³/mol. The number of hydrogen-bond acceptors (Lipinski definition) is 4. The van der Waals surface area contributed by atoms with Crippen LogP contribution in [0.4, 0.5) is 0 Å². The van der Waals surface area contributed by atoms with Crippen LogP contribution in [0.25, 0.3) is 0 Å². The van der Waals surface area contributed by atoms with Gasteiger partial charge in [0.15, 0.2) is 5.82 Å². The predicted octanol–water partition coefficient (Wildman–Crippen LogP) is 3.06. The van der Waals surface area contributed by atoms with Crippen LogP contribution in [0.3, 0.4) is 0 Å². The third-order valence-corrected chi connectivity index (χ3v) is 3.63. The molecule has 1 aliphatic carbocycles. The molecule has 94 valence electrons. The van der Waals surface area contributed by atoms with E-state index in [1.807, 2.05) is 0 Å². The molecule has 0 atom stereocenters. The molecule has 0 radical (unpaired) electrons. The van der Waals surface area contributed by atoms with Crippen molar-refractivity contribution in [2.75, 3.05) is 0 Å². The van der Waals surface area contributed by atoms with Crippen LogP contribution in [0, 0.1) is 5.92 Å². The van der Waals surface area contributed by atoms with Gasteiger partial charge in [-0.1, -0.05) is 19.0 Å². The fraction of sp³-hybridized carbons (Fsp3) is 0.769. The van der Waals surface area contributed by atoms with Gasteiger partial charge in [0.25, 0.3) is 0 Å². The zero-order chi connectivity index (χ0) is 12.4. The highest BCUT2D eigenvalue weighted by molar-refractivity contribution is 5.78. The van der Waals surface area contributed by atoms with Gasteiger partial charge in [0.1, 0.15) is 5.78 Å². The molecule has 0 bridgehead atoms. The van der Waals surface area contributed by atoms with Crippen molar-refractivity contribution in [3.63, 3.8) is 0 Å². The molecule has 2 rings (SSSR count). The first-order valence-corrected chi connectivity index (χ1v) is 6.42. The summed E-state index contributed by atoms with van der Waals surface area (Å²) in [5, 5.41) is 3.99. The topological polar surface area (TPSA) is 56.0 Å². The first kappa shape index (κ1) is 12.3. The van der Waals surface area contributed by atoms with E-state index in [0.717, 1.165) is 37.4 Å². The van der Waals surface area contributed by atoms with Gasteiger partial charge in [-0.3, -0.25) is 4.79 Å². The van der Waals surface area contributed by atoms with E-state index in [4.69, 9.17) is 4.52 Å². The second-order valence-corrected chi connectivity index (χ2v) is 5.30. The third kappa shape index (κ3) is 2.73. The zero-order valence-electron chi connectivity index (χ0n) is 10.8.